The van der Waals surface area contributed by atoms with Gasteiger partial charge in [-0.05, 0) is 19.1 Å². The molecule has 0 aromatic carbocycles. The van der Waals surface area contributed by atoms with E-state index >= 15 is 0 Å². The van der Waals surface area contributed by atoms with Crippen molar-refractivity contribution < 1.29 is 14.6 Å². The van der Waals surface area contributed by atoms with Gasteiger partial charge in [-0.3, -0.25) is 0 Å². The molecule has 2 aromatic rings. The summed E-state index contributed by atoms with van der Waals surface area (Å²) in [5.41, 5.74) is 0.512. The van der Waals surface area contributed by atoms with Crippen molar-refractivity contribution in [2.45, 2.75) is 6.92 Å². The zero-order valence-corrected chi connectivity index (χ0v) is 9.21. The van der Waals surface area contributed by atoms with Gasteiger partial charge in [0.2, 0.25) is 0 Å². The molecule has 6 heteroatoms. The molecule has 0 aliphatic rings. The predicted octanol–water partition coefficient (Wildman–Crippen LogP) is 2.31. The molecule has 0 radical (unpaired) electrons. The van der Waals surface area contributed by atoms with Crippen LogP contribution in [0.25, 0.3) is 11.0 Å². The Hall–Kier alpha value is -1.75. The first-order chi connectivity index (χ1) is 7.61. The third-order valence-corrected chi connectivity index (χ3v) is 2.33. The summed E-state index contributed by atoms with van der Waals surface area (Å²) in [7, 11) is 0. The normalized spacial score (nSPS) is 10.6. The summed E-state index contributed by atoms with van der Waals surface area (Å²) in [6.07, 6.45) is 0. The van der Waals surface area contributed by atoms with Crippen LogP contribution in [0.1, 0.15) is 17.4 Å². The van der Waals surface area contributed by atoms with Gasteiger partial charge in [-0.25, -0.2) is 9.78 Å². The van der Waals surface area contributed by atoms with E-state index in [2.05, 4.69) is 9.97 Å². The fourth-order valence-corrected chi connectivity index (χ4v) is 1.58. The molecule has 0 bridgehead atoms. The van der Waals surface area contributed by atoms with E-state index in [0.29, 0.717) is 23.4 Å². The standard InChI is InChI=1S/C10H9ClN2O3/c1-2-16-7-4-5-3-6(10(14)15)12-9(5)13-8(7)11/h3-4H,2H2,1H3,(H,12,13)(H,14,15). The maximum absolute atomic E-state index is 10.7. The van der Waals surface area contributed by atoms with Gasteiger partial charge >= 0.3 is 5.97 Å². The van der Waals surface area contributed by atoms with E-state index in [0.717, 1.165) is 0 Å². The summed E-state index contributed by atoms with van der Waals surface area (Å²) >= 11 is 5.87. The van der Waals surface area contributed by atoms with Gasteiger partial charge < -0.3 is 14.8 Å². The Morgan fingerprint density at radius 3 is 3.00 bits per heavy atom. The van der Waals surface area contributed by atoms with Crippen LogP contribution in [0.15, 0.2) is 12.1 Å². The summed E-state index contributed by atoms with van der Waals surface area (Å²) in [4.78, 5) is 17.4. The summed E-state index contributed by atoms with van der Waals surface area (Å²) in [5.74, 6) is -0.584. The van der Waals surface area contributed by atoms with Gasteiger partial charge in [0.15, 0.2) is 10.9 Å². The number of aromatic nitrogens is 2. The number of H-pyrrole nitrogens is 1. The van der Waals surface area contributed by atoms with Crippen molar-refractivity contribution in [1.82, 2.24) is 9.97 Å². The number of halogens is 1. The number of aromatic carboxylic acids is 1. The molecule has 2 rings (SSSR count). The molecule has 0 saturated carbocycles. The molecular formula is C10H9ClN2O3. The minimum atomic E-state index is -1.04. The lowest BCUT2D eigenvalue weighted by molar-refractivity contribution is 0.0691. The molecule has 2 heterocycles. The van der Waals surface area contributed by atoms with Gasteiger partial charge in [0, 0.05) is 5.39 Å². The summed E-state index contributed by atoms with van der Waals surface area (Å²) in [6, 6.07) is 3.15. The number of hydrogen-bond donors (Lipinski definition) is 2. The maximum atomic E-state index is 10.7. The Bertz CT molecular complexity index is 550. The van der Waals surface area contributed by atoms with Crippen molar-refractivity contribution in [2.75, 3.05) is 6.61 Å². The van der Waals surface area contributed by atoms with Crippen molar-refractivity contribution in [2.24, 2.45) is 0 Å². The van der Waals surface area contributed by atoms with Crippen molar-refractivity contribution in [3.8, 4) is 5.75 Å². The fraction of sp³-hybridized carbons (Fsp3) is 0.200. The zero-order chi connectivity index (χ0) is 11.7. The van der Waals surface area contributed by atoms with Gasteiger partial charge in [0.05, 0.1) is 6.61 Å². The fourth-order valence-electron chi connectivity index (χ4n) is 1.39. The first-order valence-electron chi connectivity index (χ1n) is 4.67. The second-order valence-corrected chi connectivity index (χ2v) is 3.49. The highest BCUT2D eigenvalue weighted by Crippen LogP contribution is 2.27. The molecule has 0 aliphatic carbocycles. The van der Waals surface area contributed by atoms with E-state index < -0.39 is 5.97 Å². The average Bonchev–Trinajstić information content (AvgIpc) is 2.61. The highest BCUT2D eigenvalue weighted by atomic mass is 35.5. The Morgan fingerprint density at radius 1 is 1.62 bits per heavy atom. The lowest BCUT2D eigenvalue weighted by Crippen LogP contribution is -1.95. The molecule has 0 spiro atoms. The number of nitrogens with one attached hydrogen (secondary N) is 1. The van der Waals surface area contributed by atoms with E-state index in [-0.39, 0.29) is 10.8 Å². The van der Waals surface area contributed by atoms with Crippen LogP contribution in [0, 0.1) is 0 Å². The van der Waals surface area contributed by atoms with Gasteiger partial charge in [-0.15, -0.1) is 0 Å². The van der Waals surface area contributed by atoms with Crippen LogP contribution in [0.4, 0.5) is 0 Å². The third-order valence-electron chi connectivity index (χ3n) is 2.06. The summed E-state index contributed by atoms with van der Waals surface area (Å²) < 4.78 is 5.26. The number of aromatic amines is 1. The molecule has 84 valence electrons. The second-order valence-electron chi connectivity index (χ2n) is 3.14. The number of rotatable bonds is 3. The number of fused-ring (bicyclic) bond motifs is 1. The SMILES string of the molecule is CCOc1cc2cc(C(=O)O)[nH]c2nc1Cl. The molecule has 0 atom stereocenters. The van der Waals surface area contributed by atoms with E-state index in [1.54, 1.807) is 6.07 Å². The highest BCUT2D eigenvalue weighted by Gasteiger charge is 2.11. The van der Waals surface area contributed by atoms with Gasteiger partial charge in [0.1, 0.15) is 11.3 Å². The third kappa shape index (κ3) is 1.81. The Balaban J connectivity index is 2.56. The van der Waals surface area contributed by atoms with Crippen LogP contribution in [0.2, 0.25) is 5.15 Å². The first-order valence-corrected chi connectivity index (χ1v) is 5.05. The van der Waals surface area contributed by atoms with E-state index in [1.807, 2.05) is 6.92 Å². The Morgan fingerprint density at radius 2 is 2.38 bits per heavy atom. The van der Waals surface area contributed by atoms with Gasteiger partial charge in [0.25, 0.3) is 0 Å². The minimum absolute atomic E-state index is 0.0761. The summed E-state index contributed by atoms with van der Waals surface area (Å²) in [6.45, 7) is 2.31. The number of carbonyl (C=O) groups is 1. The molecule has 0 unspecified atom stereocenters. The van der Waals surface area contributed by atoms with E-state index in [9.17, 15) is 4.79 Å². The number of hydrogen-bond acceptors (Lipinski definition) is 3. The van der Waals surface area contributed by atoms with E-state index in [4.69, 9.17) is 21.4 Å². The number of carboxylic acid groups (broad SMARTS) is 1. The predicted molar refractivity (Wildman–Crippen MR) is 59.2 cm³/mol. The molecule has 0 saturated heterocycles. The lowest BCUT2D eigenvalue weighted by Gasteiger charge is -2.03. The van der Waals surface area contributed by atoms with Crippen molar-refractivity contribution in [1.29, 1.82) is 0 Å². The molecule has 2 aromatic heterocycles. The van der Waals surface area contributed by atoms with E-state index in [1.165, 1.54) is 6.07 Å². The molecular weight excluding hydrogens is 232 g/mol. The van der Waals surface area contributed by atoms with Crippen LogP contribution in [0.5, 0.6) is 5.75 Å². The van der Waals surface area contributed by atoms with Crippen LogP contribution < -0.4 is 4.74 Å². The van der Waals surface area contributed by atoms with Gasteiger partial charge in [-0.1, -0.05) is 11.6 Å². The average molecular weight is 241 g/mol. The maximum Gasteiger partial charge on any atom is 0.352 e. The summed E-state index contributed by atoms with van der Waals surface area (Å²) in [5, 5.41) is 9.68. The molecule has 5 nitrogen and oxygen atoms in total. The van der Waals surface area contributed by atoms with Crippen molar-refractivity contribution in [3.63, 3.8) is 0 Å². The number of carboxylic acids is 1. The number of ether oxygens (including phenoxy) is 1. The monoisotopic (exact) mass is 240 g/mol. The molecule has 0 amide bonds. The van der Waals surface area contributed by atoms with Crippen molar-refractivity contribution in [3.05, 3.63) is 23.0 Å². The van der Waals surface area contributed by atoms with Crippen LogP contribution in [-0.2, 0) is 0 Å². The van der Waals surface area contributed by atoms with Crippen LogP contribution in [-0.4, -0.2) is 27.7 Å². The van der Waals surface area contributed by atoms with Crippen LogP contribution >= 0.6 is 11.6 Å². The molecule has 16 heavy (non-hydrogen) atoms. The molecule has 0 fully saturated rings. The topological polar surface area (TPSA) is 75.2 Å². The number of nitrogens with zero attached hydrogens (tertiary/aromatic N) is 1. The van der Waals surface area contributed by atoms with Crippen LogP contribution in [0.3, 0.4) is 0 Å². The molecule has 0 aliphatic heterocycles. The zero-order valence-electron chi connectivity index (χ0n) is 8.45. The lowest BCUT2D eigenvalue weighted by atomic mass is 10.3. The Labute approximate surface area is 96.0 Å². The van der Waals surface area contributed by atoms with Crippen molar-refractivity contribution >= 4 is 28.6 Å². The number of pyridine rings is 1. The molecule has 2 N–H and O–H groups in total. The smallest absolute Gasteiger partial charge is 0.352 e. The minimum Gasteiger partial charge on any atom is -0.491 e. The van der Waals surface area contributed by atoms with Gasteiger partial charge in [-0.2, -0.15) is 0 Å². The first kappa shape index (κ1) is 10.8. The highest BCUT2D eigenvalue weighted by molar-refractivity contribution is 6.31. The Kier molecular flexibility index (Phi) is 2.70. The quantitative estimate of drug-likeness (QED) is 0.808. The second kappa shape index (κ2) is 4.02. The largest absolute Gasteiger partial charge is 0.491 e.